The van der Waals surface area contributed by atoms with Crippen molar-refractivity contribution in [3.63, 3.8) is 0 Å². The molecule has 0 saturated heterocycles. The highest BCUT2D eigenvalue weighted by Gasteiger charge is 2.22. The van der Waals surface area contributed by atoms with Crippen LogP contribution in [0.3, 0.4) is 0 Å². The first-order chi connectivity index (χ1) is 8.31. The van der Waals surface area contributed by atoms with E-state index in [1.54, 1.807) is 0 Å². The molecule has 1 fully saturated rings. The van der Waals surface area contributed by atoms with Gasteiger partial charge in [0.1, 0.15) is 5.75 Å². The van der Waals surface area contributed by atoms with Crippen LogP contribution in [0.15, 0.2) is 22.7 Å². The molecule has 0 aliphatic heterocycles. The molecule has 1 aliphatic carbocycles. The summed E-state index contributed by atoms with van der Waals surface area (Å²) < 4.78 is 6.96. The van der Waals surface area contributed by atoms with Gasteiger partial charge in [-0.05, 0) is 72.1 Å². The van der Waals surface area contributed by atoms with Crippen molar-refractivity contribution in [3.05, 3.63) is 28.2 Å². The smallest absolute Gasteiger partial charge is 0.133 e. The van der Waals surface area contributed by atoms with E-state index < -0.39 is 0 Å². The van der Waals surface area contributed by atoms with E-state index in [0.29, 0.717) is 0 Å². The molecule has 2 rings (SSSR count). The summed E-state index contributed by atoms with van der Waals surface area (Å²) in [4.78, 5) is 0. The van der Waals surface area contributed by atoms with Crippen LogP contribution in [0, 0.1) is 5.92 Å². The summed E-state index contributed by atoms with van der Waals surface area (Å²) in [7, 11) is 0. The molecule has 3 heteroatoms. The van der Waals surface area contributed by atoms with Gasteiger partial charge in [0.2, 0.25) is 0 Å². The second-order valence-corrected chi connectivity index (χ2v) is 5.52. The number of aryl methyl sites for hydroxylation is 1. The Morgan fingerprint density at radius 3 is 2.82 bits per heavy atom. The van der Waals surface area contributed by atoms with Crippen molar-refractivity contribution in [2.45, 2.75) is 32.1 Å². The zero-order valence-electron chi connectivity index (χ0n) is 10.1. The maximum Gasteiger partial charge on any atom is 0.133 e. The standard InChI is InChI=1S/C14H20BrNO/c15-14-12(4-1-2-9-16)5-3-6-13(14)17-10-11-7-8-11/h3,5-6,11H,1-2,4,7-10,16H2. The molecular weight excluding hydrogens is 278 g/mol. The quantitative estimate of drug-likeness (QED) is 0.782. The molecule has 1 saturated carbocycles. The lowest BCUT2D eigenvalue weighted by Crippen LogP contribution is -2.02. The van der Waals surface area contributed by atoms with E-state index in [1.807, 2.05) is 6.07 Å². The number of rotatable bonds is 7. The minimum atomic E-state index is 0.773. The number of ether oxygens (including phenoxy) is 1. The third-order valence-corrected chi connectivity index (χ3v) is 4.02. The molecule has 2 nitrogen and oxygen atoms in total. The number of unbranched alkanes of at least 4 members (excludes halogenated alkanes) is 1. The summed E-state index contributed by atoms with van der Waals surface area (Å²) in [6, 6.07) is 6.27. The second kappa shape index (κ2) is 6.41. The summed E-state index contributed by atoms with van der Waals surface area (Å²) in [5.74, 6) is 1.78. The first-order valence-corrected chi connectivity index (χ1v) is 7.21. The Kier molecular flexibility index (Phi) is 4.86. The number of halogens is 1. The van der Waals surface area contributed by atoms with Gasteiger partial charge >= 0.3 is 0 Å². The van der Waals surface area contributed by atoms with Gasteiger partial charge in [-0.3, -0.25) is 0 Å². The number of hydrogen-bond acceptors (Lipinski definition) is 2. The van der Waals surface area contributed by atoms with Gasteiger partial charge in [0.05, 0.1) is 11.1 Å². The van der Waals surface area contributed by atoms with Gasteiger partial charge in [-0.15, -0.1) is 0 Å². The van der Waals surface area contributed by atoms with Gasteiger partial charge in [0.25, 0.3) is 0 Å². The van der Waals surface area contributed by atoms with Gasteiger partial charge in [0, 0.05) is 0 Å². The summed E-state index contributed by atoms with van der Waals surface area (Å²) in [6.07, 6.45) is 5.95. The average molecular weight is 298 g/mol. The lowest BCUT2D eigenvalue weighted by Gasteiger charge is -2.11. The van der Waals surface area contributed by atoms with Crippen LogP contribution >= 0.6 is 15.9 Å². The average Bonchev–Trinajstić information content (AvgIpc) is 3.14. The maximum absolute atomic E-state index is 5.84. The molecule has 94 valence electrons. The fourth-order valence-corrected chi connectivity index (χ4v) is 2.39. The fraction of sp³-hybridized carbons (Fsp3) is 0.571. The lowest BCUT2D eigenvalue weighted by atomic mass is 10.1. The van der Waals surface area contributed by atoms with Crippen LogP contribution in [0.2, 0.25) is 0 Å². The van der Waals surface area contributed by atoms with Crippen molar-refractivity contribution in [1.82, 2.24) is 0 Å². The van der Waals surface area contributed by atoms with E-state index >= 15 is 0 Å². The van der Waals surface area contributed by atoms with Crippen LogP contribution in [0.4, 0.5) is 0 Å². The minimum Gasteiger partial charge on any atom is -0.492 e. The molecule has 0 bridgehead atoms. The summed E-state index contributed by atoms with van der Waals surface area (Å²) in [5, 5.41) is 0. The van der Waals surface area contributed by atoms with Crippen LogP contribution < -0.4 is 10.5 Å². The van der Waals surface area contributed by atoms with Crippen molar-refractivity contribution in [3.8, 4) is 5.75 Å². The predicted octanol–water partition coefficient (Wildman–Crippen LogP) is 3.52. The van der Waals surface area contributed by atoms with E-state index in [-0.39, 0.29) is 0 Å². The van der Waals surface area contributed by atoms with Crippen LogP contribution in [0.5, 0.6) is 5.75 Å². The van der Waals surface area contributed by atoms with Gasteiger partial charge in [-0.25, -0.2) is 0 Å². The Labute approximate surface area is 112 Å². The van der Waals surface area contributed by atoms with Crippen molar-refractivity contribution in [1.29, 1.82) is 0 Å². The summed E-state index contributed by atoms with van der Waals surface area (Å²) in [5.41, 5.74) is 6.84. The van der Waals surface area contributed by atoms with Crippen LogP contribution in [0.1, 0.15) is 31.2 Å². The monoisotopic (exact) mass is 297 g/mol. The third-order valence-electron chi connectivity index (χ3n) is 3.11. The second-order valence-electron chi connectivity index (χ2n) is 4.73. The Morgan fingerprint density at radius 2 is 2.12 bits per heavy atom. The van der Waals surface area contributed by atoms with E-state index in [9.17, 15) is 0 Å². The molecule has 0 amide bonds. The van der Waals surface area contributed by atoms with E-state index in [0.717, 1.165) is 48.6 Å². The van der Waals surface area contributed by atoms with Gasteiger partial charge in [-0.2, -0.15) is 0 Å². The maximum atomic E-state index is 5.84. The Bertz CT molecular complexity index is 363. The van der Waals surface area contributed by atoms with Crippen molar-refractivity contribution < 1.29 is 4.74 Å². The van der Waals surface area contributed by atoms with Crippen LogP contribution in [-0.2, 0) is 6.42 Å². The number of hydrogen-bond donors (Lipinski definition) is 1. The molecule has 0 atom stereocenters. The van der Waals surface area contributed by atoms with Gasteiger partial charge in [0.15, 0.2) is 0 Å². The van der Waals surface area contributed by atoms with Crippen LogP contribution in [0.25, 0.3) is 0 Å². The number of benzene rings is 1. The van der Waals surface area contributed by atoms with Crippen molar-refractivity contribution in [2.24, 2.45) is 11.7 Å². The SMILES string of the molecule is NCCCCc1cccc(OCC2CC2)c1Br. The van der Waals surface area contributed by atoms with E-state index in [1.165, 1.54) is 18.4 Å². The van der Waals surface area contributed by atoms with Crippen molar-refractivity contribution >= 4 is 15.9 Å². The lowest BCUT2D eigenvalue weighted by molar-refractivity contribution is 0.297. The number of nitrogens with two attached hydrogens (primary N) is 1. The molecule has 0 heterocycles. The van der Waals surface area contributed by atoms with Gasteiger partial charge in [-0.1, -0.05) is 12.1 Å². The zero-order valence-corrected chi connectivity index (χ0v) is 11.7. The van der Waals surface area contributed by atoms with E-state index in [2.05, 4.69) is 28.1 Å². The van der Waals surface area contributed by atoms with E-state index in [4.69, 9.17) is 10.5 Å². The molecule has 1 aliphatic rings. The predicted molar refractivity (Wildman–Crippen MR) is 74.4 cm³/mol. The highest BCUT2D eigenvalue weighted by Crippen LogP contribution is 2.33. The van der Waals surface area contributed by atoms with Crippen molar-refractivity contribution in [2.75, 3.05) is 13.2 Å². The third kappa shape index (κ3) is 4.00. The topological polar surface area (TPSA) is 35.2 Å². The Hall–Kier alpha value is -0.540. The molecule has 0 spiro atoms. The fourth-order valence-electron chi connectivity index (χ4n) is 1.81. The highest BCUT2D eigenvalue weighted by molar-refractivity contribution is 9.10. The Balaban J connectivity index is 1.93. The normalized spacial score (nSPS) is 14.9. The molecule has 17 heavy (non-hydrogen) atoms. The molecule has 0 radical (unpaired) electrons. The first kappa shape index (κ1) is 12.9. The molecule has 0 unspecified atom stereocenters. The zero-order chi connectivity index (χ0) is 12.1. The molecule has 2 N–H and O–H groups in total. The van der Waals surface area contributed by atoms with Gasteiger partial charge < -0.3 is 10.5 Å². The minimum absolute atomic E-state index is 0.773. The molecular formula is C14H20BrNO. The first-order valence-electron chi connectivity index (χ1n) is 6.41. The van der Waals surface area contributed by atoms with Crippen LogP contribution in [-0.4, -0.2) is 13.2 Å². The Morgan fingerprint density at radius 1 is 1.29 bits per heavy atom. The molecule has 1 aromatic carbocycles. The summed E-state index contributed by atoms with van der Waals surface area (Å²) >= 11 is 3.65. The molecule has 1 aromatic rings. The highest BCUT2D eigenvalue weighted by atomic mass is 79.9. The largest absolute Gasteiger partial charge is 0.492 e. The molecule has 0 aromatic heterocycles. The summed E-state index contributed by atoms with van der Waals surface area (Å²) in [6.45, 7) is 1.64.